The summed E-state index contributed by atoms with van der Waals surface area (Å²) in [5.41, 5.74) is 1.78. The van der Waals surface area contributed by atoms with Crippen LogP contribution in [0.1, 0.15) is 23.2 Å². The number of carbonyl (C=O) groups excluding carboxylic acids is 2. The maximum atomic E-state index is 12.9. The Balaban J connectivity index is 1.21. The summed E-state index contributed by atoms with van der Waals surface area (Å²) >= 11 is 0. The number of amides is 2. The van der Waals surface area contributed by atoms with Crippen LogP contribution in [0.2, 0.25) is 0 Å². The van der Waals surface area contributed by atoms with Gasteiger partial charge in [0, 0.05) is 24.7 Å². The first-order chi connectivity index (χ1) is 17.1. The molecule has 1 aromatic heterocycles. The van der Waals surface area contributed by atoms with E-state index in [1.807, 2.05) is 6.07 Å². The second-order valence-corrected chi connectivity index (χ2v) is 7.98. The van der Waals surface area contributed by atoms with Crippen LogP contribution in [-0.2, 0) is 11.3 Å². The number of fused-ring (bicyclic) bond motifs is 2. The van der Waals surface area contributed by atoms with E-state index in [0.29, 0.717) is 52.3 Å². The van der Waals surface area contributed by atoms with Gasteiger partial charge in [-0.1, -0.05) is 24.3 Å². The van der Waals surface area contributed by atoms with Gasteiger partial charge < -0.3 is 20.1 Å². The number of carbonyl (C=O) groups is 2. The van der Waals surface area contributed by atoms with Gasteiger partial charge >= 0.3 is 0 Å². The van der Waals surface area contributed by atoms with E-state index in [1.165, 1.54) is 10.9 Å². The molecule has 1 aliphatic rings. The van der Waals surface area contributed by atoms with E-state index >= 15 is 0 Å². The summed E-state index contributed by atoms with van der Waals surface area (Å²) in [5.74, 6) is 0.561. The van der Waals surface area contributed by atoms with Gasteiger partial charge in [0.1, 0.15) is 0 Å². The molecule has 0 saturated heterocycles. The standard InChI is InChI=1S/C26H22N4O5/c31-24(10-5-13-30-15-27-20-8-3-2-7-19(20)26(30)33)29-21-9-4-1-6-18(21)25(32)28-17-11-12-22-23(14-17)35-16-34-22/h1-4,6-9,11-12,14-15H,5,10,13,16H2,(H,28,32)(H,29,31). The smallest absolute Gasteiger partial charge is 0.261 e. The minimum absolute atomic E-state index is 0.137. The van der Waals surface area contributed by atoms with Crippen LogP contribution in [0.15, 0.2) is 77.9 Å². The highest BCUT2D eigenvalue weighted by atomic mass is 16.7. The molecule has 0 saturated carbocycles. The first-order valence-electron chi connectivity index (χ1n) is 11.1. The fourth-order valence-electron chi connectivity index (χ4n) is 3.85. The molecule has 0 spiro atoms. The summed E-state index contributed by atoms with van der Waals surface area (Å²) in [5, 5.41) is 6.16. The van der Waals surface area contributed by atoms with Gasteiger partial charge in [0.05, 0.1) is 28.5 Å². The molecule has 2 amide bonds. The Kier molecular flexibility index (Phi) is 6.13. The predicted molar refractivity (Wildman–Crippen MR) is 131 cm³/mol. The van der Waals surface area contributed by atoms with Gasteiger partial charge in [0.2, 0.25) is 12.7 Å². The number of nitrogens with one attached hydrogen (secondary N) is 2. The van der Waals surface area contributed by atoms with Crippen LogP contribution in [0, 0.1) is 0 Å². The minimum atomic E-state index is -0.367. The molecule has 9 heteroatoms. The summed E-state index contributed by atoms with van der Waals surface area (Å²) in [7, 11) is 0. The number of rotatable bonds is 7. The number of ether oxygens (including phenoxy) is 2. The lowest BCUT2D eigenvalue weighted by Crippen LogP contribution is -2.22. The number of nitrogens with zero attached hydrogens (tertiary/aromatic N) is 2. The zero-order valence-electron chi connectivity index (χ0n) is 18.7. The van der Waals surface area contributed by atoms with Crippen molar-refractivity contribution in [1.29, 1.82) is 0 Å². The number of benzene rings is 3. The highest BCUT2D eigenvalue weighted by molar-refractivity contribution is 6.10. The SMILES string of the molecule is O=C(CCCn1cnc2ccccc2c1=O)Nc1ccccc1C(=O)Nc1ccc2c(c1)OCO2. The second kappa shape index (κ2) is 9.68. The van der Waals surface area contributed by atoms with Gasteiger partial charge in [-0.2, -0.15) is 0 Å². The zero-order valence-corrected chi connectivity index (χ0v) is 18.7. The molecule has 5 rings (SSSR count). The van der Waals surface area contributed by atoms with Crippen molar-refractivity contribution in [2.24, 2.45) is 0 Å². The van der Waals surface area contributed by atoms with Crippen molar-refractivity contribution in [2.45, 2.75) is 19.4 Å². The van der Waals surface area contributed by atoms with Gasteiger partial charge in [-0.15, -0.1) is 0 Å². The normalized spacial score (nSPS) is 11.9. The molecule has 0 unspecified atom stereocenters. The van der Waals surface area contributed by atoms with E-state index in [4.69, 9.17) is 9.47 Å². The van der Waals surface area contributed by atoms with Gasteiger partial charge in [0.25, 0.3) is 11.5 Å². The average Bonchev–Trinajstić information content (AvgIpc) is 3.34. The van der Waals surface area contributed by atoms with Crippen molar-refractivity contribution in [3.05, 3.63) is 89.0 Å². The molecule has 9 nitrogen and oxygen atoms in total. The molecule has 1 aliphatic heterocycles. The van der Waals surface area contributed by atoms with E-state index in [2.05, 4.69) is 15.6 Å². The van der Waals surface area contributed by atoms with Crippen molar-refractivity contribution >= 4 is 34.1 Å². The maximum Gasteiger partial charge on any atom is 0.261 e. The quantitative estimate of drug-likeness (QED) is 0.425. The average molecular weight is 470 g/mol. The lowest BCUT2D eigenvalue weighted by Gasteiger charge is -2.12. The predicted octanol–water partition coefficient (Wildman–Crippen LogP) is 3.80. The monoisotopic (exact) mass is 470 g/mol. The molecule has 0 bridgehead atoms. The van der Waals surface area contributed by atoms with Crippen LogP contribution in [0.5, 0.6) is 11.5 Å². The summed E-state index contributed by atoms with van der Waals surface area (Å²) < 4.78 is 12.1. The lowest BCUT2D eigenvalue weighted by atomic mass is 10.1. The molecule has 0 atom stereocenters. The molecule has 0 aliphatic carbocycles. The van der Waals surface area contributed by atoms with Crippen LogP contribution < -0.4 is 25.7 Å². The summed E-state index contributed by atoms with van der Waals surface area (Å²) in [4.78, 5) is 42.4. The van der Waals surface area contributed by atoms with Gasteiger partial charge in [-0.3, -0.25) is 19.0 Å². The Bertz CT molecular complexity index is 1480. The first kappa shape index (κ1) is 22.1. The number of anilines is 2. The molecular weight excluding hydrogens is 448 g/mol. The number of aryl methyl sites for hydroxylation is 1. The molecule has 0 fully saturated rings. The second-order valence-electron chi connectivity index (χ2n) is 7.98. The molecule has 4 aromatic rings. The van der Waals surface area contributed by atoms with E-state index in [0.717, 1.165) is 0 Å². The highest BCUT2D eigenvalue weighted by Crippen LogP contribution is 2.34. The highest BCUT2D eigenvalue weighted by Gasteiger charge is 2.17. The molecule has 35 heavy (non-hydrogen) atoms. The fraction of sp³-hybridized carbons (Fsp3) is 0.154. The Morgan fingerprint density at radius 2 is 1.74 bits per heavy atom. The largest absolute Gasteiger partial charge is 0.454 e. The van der Waals surface area contributed by atoms with E-state index in [-0.39, 0.29) is 30.6 Å². The Morgan fingerprint density at radius 1 is 0.943 bits per heavy atom. The minimum Gasteiger partial charge on any atom is -0.454 e. The van der Waals surface area contributed by atoms with Crippen molar-refractivity contribution in [3.8, 4) is 11.5 Å². The summed E-state index contributed by atoms with van der Waals surface area (Å²) in [6.45, 7) is 0.504. The third-order valence-electron chi connectivity index (χ3n) is 5.61. The first-order valence-corrected chi connectivity index (χ1v) is 11.1. The van der Waals surface area contributed by atoms with Gasteiger partial charge in [-0.05, 0) is 42.8 Å². The number of para-hydroxylation sites is 2. The van der Waals surface area contributed by atoms with Crippen LogP contribution in [0.25, 0.3) is 10.9 Å². The van der Waals surface area contributed by atoms with Crippen molar-refractivity contribution in [2.75, 3.05) is 17.4 Å². The van der Waals surface area contributed by atoms with Crippen molar-refractivity contribution in [1.82, 2.24) is 9.55 Å². The summed E-state index contributed by atoms with van der Waals surface area (Å²) in [6, 6.07) is 19.1. The third kappa shape index (κ3) is 4.84. The Morgan fingerprint density at radius 3 is 2.66 bits per heavy atom. The number of hydrogen-bond acceptors (Lipinski definition) is 6. The fourth-order valence-corrected chi connectivity index (χ4v) is 3.85. The number of aromatic nitrogens is 2. The van der Waals surface area contributed by atoms with Crippen LogP contribution in [0.4, 0.5) is 11.4 Å². The van der Waals surface area contributed by atoms with Crippen LogP contribution >= 0.6 is 0 Å². The molecule has 0 radical (unpaired) electrons. The molecule has 176 valence electrons. The molecule has 3 aromatic carbocycles. The van der Waals surface area contributed by atoms with Gasteiger partial charge in [-0.25, -0.2) is 4.98 Å². The van der Waals surface area contributed by atoms with E-state index in [1.54, 1.807) is 60.7 Å². The third-order valence-corrected chi connectivity index (χ3v) is 5.61. The molecular formula is C26H22N4O5. The lowest BCUT2D eigenvalue weighted by molar-refractivity contribution is -0.116. The van der Waals surface area contributed by atoms with E-state index in [9.17, 15) is 14.4 Å². The topological polar surface area (TPSA) is 112 Å². The van der Waals surface area contributed by atoms with Crippen LogP contribution in [0.3, 0.4) is 0 Å². The van der Waals surface area contributed by atoms with Gasteiger partial charge in [0.15, 0.2) is 11.5 Å². The number of hydrogen-bond donors (Lipinski definition) is 2. The zero-order chi connectivity index (χ0) is 24.2. The van der Waals surface area contributed by atoms with E-state index < -0.39 is 0 Å². The summed E-state index contributed by atoms with van der Waals surface area (Å²) in [6.07, 6.45) is 2.12. The Labute approximate surface area is 200 Å². The molecule has 2 heterocycles. The van der Waals surface area contributed by atoms with Crippen molar-refractivity contribution in [3.63, 3.8) is 0 Å². The molecule has 2 N–H and O–H groups in total. The van der Waals surface area contributed by atoms with Crippen LogP contribution in [-0.4, -0.2) is 28.2 Å². The van der Waals surface area contributed by atoms with Crippen molar-refractivity contribution < 1.29 is 19.1 Å². The maximum absolute atomic E-state index is 12.9. The Hall–Kier alpha value is -4.66.